The second-order valence-corrected chi connectivity index (χ2v) is 5.40. The zero-order chi connectivity index (χ0) is 19.1. The number of methoxy groups -OCH3 is 1. The van der Waals surface area contributed by atoms with Crippen molar-refractivity contribution < 1.29 is 18.8 Å². The number of nitro benzene ring substituents is 1. The Kier molecular flexibility index (Phi) is 7.31. The van der Waals surface area contributed by atoms with Crippen molar-refractivity contribution in [3.63, 3.8) is 0 Å². The van der Waals surface area contributed by atoms with E-state index in [0.717, 1.165) is 12.6 Å². The van der Waals surface area contributed by atoms with Crippen LogP contribution >= 0.6 is 0 Å². The van der Waals surface area contributed by atoms with Gasteiger partial charge in [0, 0.05) is 26.2 Å². The first-order valence-corrected chi connectivity index (χ1v) is 7.64. The predicted molar refractivity (Wildman–Crippen MR) is 94.9 cm³/mol. The number of halogens is 1. The number of carbonyl (C=O) groups is 1. The molecule has 0 fully saturated rings. The van der Waals surface area contributed by atoms with Crippen LogP contribution in [0.15, 0.2) is 18.7 Å². The van der Waals surface area contributed by atoms with E-state index in [1.54, 1.807) is 11.9 Å². The number of hydrogen-bond acceptors (Lipinski definition) is 6. The van der Waals surface area contributed by atoms with Gasteiger partial charge in [-0.1, -0.05) is 13.5 Å². The van der Waals surface area contributed by atoms with Gasteiger partial charge in [-0.05, 0) is 19.7 Å². The van der Waals surface area contributed by atoms with Crippen LogP contribution in [0.5, 0.6) is 5.75 Å². The fourth-order valence-electron chi connectivity index (χ4n) is 2.12. The zero-order valence-corrected chi connectivity index (χ0v) is 14.8. The number of hydrogen-bond donors (Lipinski definition) is 1. The highest BCUT2D eigenvalue weighted by molar-refractivity contribution is 6.02. The first-order chi connectivity index (χ1) is 11.8. The smallest absolute Gasteiger partial charge is 0.348 e. The van der Waals surface area contributed by atoms with Gasteiger partial charge in [0.15, 0.2) is 0 Å². The summed E-state index contributed by atoms with van der Waals surface area (Å²) in [6.45, 7) is 7.35. The molecule has 1 N–H and O–H groups in total. The van der Waals surface area contributed by atoms with E-state index in [9.17, 15) is 19.3 Å². The number of nitrogens with one attached hydrogen (secondary N) is 1. The molecule has 25 heavy (non-hydrogen) atoms. The summed E-state index contributed by atoms with van der Waals surface area (Å²) in [6.07, 6.45) is 0.962. The molecule has 0 unspecified atom stereocenters. The number of benzene rings is 1. The molecule has 0 saturated carbocycles. The summed E-state index contributed by atoms with van der Waals surface area (Å²) in [5.74, 6) is -2.05. The minimum Gasteiger partial charge on any atom is -0.490 e. The average Bonchev–Trinajstić information content (AvgIpc) is 2.59. The molecule has 1 amide bonds. The molecule has 0 bridgehead atoms. The van der Waals surface area contributed by atoms with E-state index in [1.807, 2.05) is 14.0 Å². The quantitative estimate of drug-likeness (QED) is 0.416. The topological polar surface area (TPSA) is 88.0 Å². The molecule has 0 saturated heterocycles. The van der Waals surface area contributed by atoms with Crippen LogP contribution in [0.25, 0.3) is 0 Å². The van der Waals surface area contributed by atoms with Crippen molar-refractivity contribution in [3.8, 4) is 5.75 Å². The number of ether oxygens (including phenoxy) is 1. The molecule has 0 radical (unpaired) electrons. The Labute approximate surface area is 146 Å². The van der Waals surface area contributed by atoms with Crippen LogP contribution in [0, 0.1) is 15.9 Å². The van der Waals surface area contributed by atoms with Gasteiger partial charge in [-0.2, -0.15) is 4.39 Å². The Morgan fingerprint density at radius 1 is 1.48 bits per heavy atom. The van der Waals surface area contributed by atoms with Gasteiger partial charge in [-0.3, -0.25) is 14.9 Å². The Morgan fingerprint density at radius 3 is 2.60 bits per heavy atom. The number of carbonyl (C=O) groups excluding carboxylic acids is 1. The Balaban J connectivity index is 3.41. The van der Waals surface area contributed by atoms with E-state index < -0.39 is 22.3 Å². The molecule has 0 heterocycles. The minimum absolute atomic E-state index is 0.218. The molecule has 8 nitrogen and oxygen atoms in total. The zero-order valence-electron chi connectivity index (χ0n) is 14.8. The van der Waals surface area contributed by atoms with Crippen LogP contribution < -0.4 is 15.0 Å². The van der Waals surface area contributed by atoms with Crippen LogP contribution in [0.3, 0.4) is 0 Å². The molecule has 0 atom stereocenters. The van der Waals surface area contributed by atoms with Gasteiger partial charge >= 0.3 is 5.69 Å². The van der Waals surface area contributed by atoms with Gasteiger partial charge in [0.05, 0.1) is 17.7 Å². The molecule has 1 aromatic carbocycles. The van der Waals surface area contributed by atoms with Crippen molar-refractivity contribution in [2.24, 2.45) is 0 Å². The van der Waals surface area contributed by atoms with Crippen molar-refractivity contribution in [2.45, 2.75) is 6.92 Å². The summed E-state index contributed by atoms with van der Waals surface area (Å²) in [5.41, 5.74) is -0.830. The number of amides is 1. The van der Waals surface area contributed by atoms with Gasteiger partial charge in [0.2, 0.25) is 17.5 Å². The molecular formula is C16H23FN4O4. The summed E-state index contributed by atoms with van der Waals surface area (Å²) < 4.78 is 19.7. The fourth-order valence-corrected chi connectivity index (χ4v) is 2.12. The van der Waals surface area contributed by atoms with Crippen molar-refractivity contribution >= 4 is 23.0 Å². The molecule has 0 spiro atoms. The Morgan fingerprint density at radius 2 is 2.12 bits per heavy atom. The van der Waals surface area contributed by atoms with Gasteiger partial charge < -0.3 is 19.9 Å². The highest BCUT2D eigenvalue weighted by Crippen LogP contribution is 2.41. The predicted octanol–water partition coefficient (Wildman–Crippen LogP) is 2.25. The van der Waals surface area contributed by atoms with Crippen LogP contribution in [0.2, 0.25) is 0 Å². The van der Waals surface area contributed by atoms with Gasteiger partial charge in [-0.25, -0.2) is 0 Å². The standard InChI is InChI=1S/C16H23FN4O4/c1-6-13(22)18-15-11(20(4)9-8-19(3)7-2)10-12(25-5)16(14(15)17)21(23)24/h6,10H,1,7-9H2,2-5H3,(H,18,22). The summed E-state index contributed by atoms with van der Waals surface area (Å²) in [7, 11) is 4.86. The first-order valence-electron chi connectivity index (χ1n) is 7.64. The monoisotopic (exact) mass is 354 g/mol. The van der Waals surface area contributed by atoms with E-state index in [2.05, 4.69) is 16.8 Å². The van der Waals surface area contributed by atoms with Crippen LogP contribution in [0.4, 0.5) is 21.5 Å². The van der Waals surface area contributed by atoms with Crippen molar-refractivity contribution in [1.29, 1.82) is 0 Å². The maximum Gasteiger partial charge on any atom is 0.348 e. The normalized spacial score (nSPS) is 10.5. The van der Waals surface area contributed by atoms with Crippen LogP contribution in [-0.2, 0) is 4.79 Å². The van der Waals surface area contributed by atoms with E-state index in [1.165, 1.54) is 13.2 Å². The third-order valence-electron chi connectivity index (χ3n) is 3.79. The SMILES string of the molecule is C=CC(=O)Nc1c(N(C)CCN(C)CC)cc(OC)c([N+](=O)[O-])c1F. The van der Waals surface area contributed by atoms with Gasteiger partial charge in [0.25, 0.3) is 0 Å². The summed E-state index contributed by atoms with van der Waals surface area (Å²) in [5, 5.41) is 13.5. The molecule has 9 heteroatoms. The lowest BCUT2D eigenvalue weighted by Crippen LogP contribution is -2.31. The van der Waals surface area contributed by atoms with E-state index >= 15 is 0 Å². The highest BCUT2D eigenvalue weighted by Gasteiger charge is 2.29. The molecule has 138 valence electrons. The third kappa shape index (κ3) is 4.90. The average molecular weight is 354 g/mol. The summed E-state index contributed by atoms with van der Waals surface area (Å²) in [6, 6.07) is 1.34. The van der Waals surface area contributed by atoms with E-state index in [4.69, 9.17) is 4.74 Å². The largest absolute Gasteiger partial charge is 0.490 e. The molecule has 1 aromatic rings. The Hall–Kier alpha value is -2.68. The number of nitrogens with zero attached hydrogens (tertiary/aromatic N) is 3. The molecule has 1 rings (SSSR count). The number of likely N-dealkylation sites (N-methyl/N-ethyl adjacent to an activating group) is 2. The van der Waals surface area contributed by atoms with Crippen molar-refractivity contribution in [3.05, 3.63) is 34.7 Å². The lowest BCUT2D eigenvalue weighted by molar-refractivity contribution is -0.388. The fraction of sp³-hybridized carbons (Fsp3) is 0.438. The molecule has 0 aliphatic rings. The Bertz CT molecular complexity index is 666. The van der Waals surface area contributed by atoms with E-state index in [0.29, 0.717) is 13.1 Å². The molecule has 0 aliphatic carbocycles. The minimum atomic E-state index is -1.16. The van der Waals surface area contributed by atoms with E-state index in [-0.39, 0.29) is 17.1 Å². The lowest BCUT2D eigenvalue weighted by Gasteiger charge is -2.25. The molecular weight excluding hydrogens is 331 g/mol. The number of rotatable bonds is 9. The van der Waals surface area contributed by atoms with Gasteiger partial charge in [-0.15, -0.1) is 0 Å². The molecule has 0 aromatic heterocycles. The summed E-state index contributed by atoms with van der Waals surface area (Å²) >= 11 is 0. The van der Waals surface area contributed by atoms with Crippen molar-refractivity contribution in [1.82, 2.24) is 4.90 Å². The number of anilines is 2. The van der Waals surface area contributed by atoms with Crippen LogP contribution in [0.1, 0.15) is 6.92 Å². The third-order valence-corrected chi connectivity index (χ3v) is 3.79. The second-order valence-electron chi connectivity index (χ2n) is 5.40. The lowest BCUT2D eigenvalue weighted by atomic mass is 10.1. The number of nitro groups is 1. The molecule has 0 aliphatic heterocycles. The first kappa shape index (κ1) is 20.4. The summed E-state index contributed by atoms with van der Waals surface area (Å²) in [4.78, 5) is 25.7. The second kappa shape index (κ2) is 8.97. The maximum atomic E-state index is 14.7. The van der Waals surface area contributed by atoms with Crippen LogP contribution in [-0.4, -0.2) is 56.6 Å². The highest BCUT2D eigenvalue weighted by atomic mass is 19.1. The van der Waals surface area contributed by atoms with Gasteiger partial charge in [0.1, 0.15) is 5.69 Å². The van der Waals surface area contributed by atoms with Crippen molar-refractivity contribution in [2.75, 3.05) is 51.1 Å². The maximum absolute atomic E-state index is 14.7.